The van der Waals surface area contributed by atoms with Crippen LogP contribution in [0.15, 0.2) is 54.6 Å². The third-order valence-corrected chi connectivity index (χ3v) is 5.43. The van der Waals surface area contributed by atoms with Crippen LogP contribution in [-0.4, -0.2) is 54.7 Å². The molecule has 1 N–H and O–H groups in total. The Morgan fingerprint density at radius 1 is 1.00 bits per heavy atom. The Hall–Kier alpha value is -2.49. The molecule has 2 heterocycles. The number of carboxylic acids is 1. The number of hydrogen-bond acceptors (Lipinski definition) is 7. The fraction of sp³-hybridized carbons (Fsp3) is 0.458. The van der Waals surface area contributed by atoms with E-state index in [0.717, 1.165) is 16.9 Å². The maximum Gasteiger partial charge on any atom is 0.335 e. The average Bonchev–Trinajstić information content (AvgIpc) is 3.26. The summed E-state index contributed by atoms with van der Waals surface area (Å²) in [7, 11) is 1.61. The second-order valence-corrected chi connectivity index (χ2v) is 8.25. The van der Waals surface area contributed by atoms with Gasteiger partial charge >= 0.3 is 5.97 Å². The van der Waals surface area contributed by atoms with Crippen LogP contribution in [0.5, 0.6) is 5.75 Å². The van der Waals surface area contributed by atoms with Crippen LogP contribution < -0.4 is 4.74 Å². The van der Waals surface area contributed by atoms with Crippen LogP contribution in [0.25, 0.3) is 0 Å². The van der Waals surface area contributed by atoms with E-state index in [1.54, 1.807) is 21.0 Å². The molecular weight excluding hydrogens is 416 g/mol. The van der Waals surface area contributed by atoms with Crippen molar-refractivity contribution in [1.82, 2.24) is 0 Å². The lowest BCUT2D eigenvalue weighted by Gasteiger charge is -2.27. The van der Waals surface area contributed by atoms with Gasteiger partial charge in [-0.15, -0.1) is 0 Å². The van der Waals surface area contributed by atoms with Crippen molar-refractivity contribution < 1.29 is 38.3 Å². The van der Waals surface area contributed by atoms with Crippen molar-refractivity contribution in [3.8, 4) is 5.75 Å². The Balaban J connectivity index is 1.46. The van der Waals surface area contributed by atoms with Crippen LogP contribution in [0.1, 0.15) is 25.0 Å². The van der Waals surface area contributed by atoms with Crippen LogP contribution in [0.4, 0.5) is 0 Å². The summed E-state index contributed by atoms with van der Waals surface area (Å²) >= 11 is 0. The van der Waals surface area contributed by atoms with Gasteiger partial charge in [-0.3, -0.25) is 0 Å². The summed E-state index contributed by atoms with van der Waals surface area (Å²) < 4.78 is 34.9. The van der Waals surface area contributed by atoms with Gasteiger partial charge in [-0.2, -0.15) is 0 Å². The molecule has 0 spiro atoms. The molecule has 2 aliphatic rings. The highest BCUT2D eigenvalue weighted by Crippen LogP contribution is 2.41. The molecule has 4 rings (SSSR count). The minimum absolute atomic E-state index is 0.136. The van der Waals surface area contributed by atoms with Crippen molar-refractivity contribution in [2.24, 2.45) is 0 Å². The van der Waals surface area contributed by atoms with Gasteiger partial charge in [0.25, 0.3) is 0 Å². The van der Waals surface area contributed by atoms with Crippen molar-refractivity contribution in [2.75, 3.05) is 7.11 Å². The van der Waals surface area contributed by atoms with E-state index in [1.807, 2.05) is 54.6 Å². The molecule has 0 bridgehead atoms. The summed E-state index contributed by atoms with van der Waals surface area (Å²) in [5.41, 5.74) is 1.78. The first-order valence-corrected chi connectivity index (χ1v) is 10.5. The van der Waals surface area contributed by atoms with Crippen LogP contribution in [0.2, 0.25) is 0 Å². The predicted molar refractivity (Wildman–Crippen MR) is 113 cm³/mol. The first kappa shape index (κ1) is 22.7. The van der Waals surface area contributed by atoms with E-state index in [1.165, 1.54) is 0 Å². The molecule has 0 aliphatic carbocycles. The zero-order valence-corrected chi connectivity index (χ0v) is 18.3. The summed E-state index contributed by atoms with van der Waals surface area (Å²) in [5, 5.41) is 9.85. The van der Waals surface area contributed by atoms with E-state index in [-0.39, 0.29) is 13.2 Å². The van der Waals surface area contributed by atoms with Crippen molar-refractivity contribution in [1.29, 1.82) is 0 Å². The topological polar surface area (TPSA) is 92.7 Å². The Kier molecular flexibility index (Phi) is 6.78. The summed E-state index contributed by atoms with van der Waals surface area (Å²) in [6.45, 7) is 3.96. The van der Waals surface area contributed by atoms with Crippen molar-refractivity contribution in [3.05, 3.63) is 65.7 Å². The summed E-state index contributed by atoms with van der Waals surface area (Å²) in [6, 6.07) is 16.8. The van der Waals surface area contributed by atoms with Crippen LogP contribution in [0.3, 0.4) is 0 Å². The van der Waals surface area contributed by atoms with Gasteiger partial charge in [0.05, 0.1) is 20.3 Å². The number of ether oxygens (including phenoxy) is 6. The number of methoxy groups -OCH3 is 1. The highest BCUT2D eigenvalue weighted by atomic mass is 16.8. The lowest BCUT2D eigenvalue weighted by atomic mass is 10.1. The van der Waals surface area contributed by atoms with E-state index in [2.05, 4.69) is 0 Å². The molecule has 2 fully saturated rings. The molecule has 5 atom stereocenters. The molecular formula is C24H28O8. The molecule has 0 amide bonds. The van der Waals surface area contributed by atoms with Gasteiger partial charge in [0, 0.05) is 0 Å². The Bertz CT molecular complexity index is 898. The quantitative estimate of drug-likeness (QED) is 0.631. The molecule has 0 saturated carbocycles. The van der Waals surface area contributed by atoms with Crippen molar-refractivity contribution >= 4 is 5.97 Å². The van der Waals surface area contributed by atoms with Gasteiger partial charge in [-0.05, 0) is 37.1 Å². The number of benzene rings is 2. The molecule has 172 valence electrons. The zero-order chi connectivity index (χ0) is 22.7. The number of carbonyl (C=O) groups is 1. The molecule has 2 aromatic rings. The molecule has 0 aromatic heterocycles. The Morgan fingerprint density at radius 2 is 1.66 bits per heavy atom. The van der Waals surface area contributed by atoms with E-state index >= 15 is 0 Å². The van der Waals surface area contributed by atoms with Crippen LogP contribution >= 0.6 is 0 Å². The number of hydrogen-bond donors (Lipinski definition) is 1. The van der Waals surface area contributed by atoms with E-state index in [0.29, 0.717) is 0 Å². The van der Waals surface area contributed by atoms with Gasteiger partial charge < -0.3 is 33.5 Å². The van der Waals surface area contributed by atoms with Gasteiger partial charge in [-0.25, -0.2) is 4.79 Å². The monoisotopic (exact) mass is 444 g/mol. The smallest absolute Gasteiger partial charge is 0.335 e. The molecule has 8 nitrogen and oxygen atoms in total. The fourth-order valence-electron chi connectivity index (χ4n) is 3.94. The van der Waals surface area contributed by atoms with Gasteiger partial charge in [0.1, 0.15) is 24.1 Å². The Labute approximate surface area is 186 Å². The fourth-order valence-corrected chi connectivity index (χ4v) is 3.94. The predicted octanol–water partition coefficient (Wildman–Crippen LogP) is 3.13. The first-order chi connectivity index (χ1) is 15.4. The lowest BCUT2D eigenvalue weighted by molar-refractivity contribution is -0.249. The second-order valence-electron chi connectivity index (χ2n) is 8.25. The molecule has 2 aromatic carbocycles. The number of rotatable bonds is 9. The van der Waals surface area contributed by atoms with Crippen LogP contribution in [-0.2, 0) is 41.7 Å². The minimum atomic E-state index is -1.24. The average molecular weight is 444 g/mol. The van der Waals surface area contributed by atoms with E-state index in [9.17, 15) is 9.90 Å². The molecule has 32 heavy (non-hydrogen) atoms. The summed E-state index contributed by atoms with van der Waals surface area (Å²) in [6.07, 6.45) is -4.13. The first-order valence-electron chi connectivity index (χ1n) is 10.5. The lowest BCUT2D eigenvalue weighted by Crippen LogP contribution is -2.44. The molecule has 8 heteroatoms. The van der Waals surface area contributed by atoms with Gasteiger partial charge in [0.15, 0.2) is 18.2 Å². The number of fused-ring (bicyclic) bond motifs is 1. The van der Waals surface area contributed by atoms with Crippen LogP contribution in [0, 0.1) is 0 Å². The van der Waals surface area contributed by atoms with Crippen molar-refractivity contribution in [2.45, 2.75) is 63.6 Å². The van der Waals surface area contributed by atoms with Gasteiger partial charge in [0.2, 0.25) is 0 Å². The second kappa shape index (κ2) is 9.56. The molecule has 0 unspecified atom stereocenters. The number of aliphatic carboxylic acids is 1. The SMILES string of the molecule is COc1ccc(CO[C@H]2O[C@H]([C@H](OCc3ccccc3)C(=O)O)[C@@H]3OC(C)(C)O[C@H]23)cc1. The summed E-state index contributed by atoms with van der Waals surface area (Å²) in [4.78, 5) is 12.1. The maximum atomic E-state index is 12.1. The van der Waals surface area contributed by atoms with E-state index in [4.69, 9.17) is 28.4 Å². The van der Waals surface area contributed by atoms with Gasteiger partial charge in [-0.1, -0.05) is 42.5 Å². The Morgan fingerprint density at radius 3 is 2.31 bits per heavy atom. The highest BCUT2D eigenvalue weighted by molar-refractivity contribution is 5.73. The normalized spacial score (nSPS) is 27.1. The third-order valence-electron chi connectivity index (χ3n) is 5.43. The standard InChI is InChI=1S/C24H28O8/c1-24(2)31-19-18(20(22(25)26)28-13-15-7-5-4-6-8-15)30-23(21(19)32-24)29-14-16-9-11-17(27-3)12-10-16/h4-12,18-21,23H,13-14H2,1-3H3,(H,25,26)/t18-,19-,20-,21-,23-/m0/s1. The zero-order valence-electron chi connectivity index (χ0n) is 18.3. The van der Waals surface area contributed by atoms with E-state index < -0.39 is 42.5 Å². The summed E-state index contributed by atoms with van der Waals surface area (Å²) in [5.74, 6) is -1.27. The largest absolute Gasteiger partial charge is 0.497 e. The minimum Gasteiger partial charge on any atom is -0.497 e. The highest BCUT2D eigenvalue weighted by Gasteiger charge is 2.59. The maximum absolute atomic E-state index is 12.1. The number of carboxylic acid groups (broad SMARTS) is 1. The van der Waals surface area contributed by atoms with Crippen molar-refractivity contribution in [3.63, 3.8) is 0 Å². The third kappa shape index (κ3) is 5.11. The molecule has 2 saturated heterocycles. The molecule has 2 aliphatic heterocycles. The molecule has 0 radical (unpaired) electrons.